The Labute approximate surface area is 117 Å². The molecule has 0 saturated heterocycles. The van der Waals surface area contributed by atoms with Crippen LogP contribution in [0.4, 0.5) is 0 Å². The number of carbonyl (C=O) groups is 1. The van der Waals surface area contributed by atoms with E-state index >= 15 is 0 Å². The van der Waals surface area contributed by atoms with Crippen LogP contribution in [0.25, 0.3) is 0 Å². The summed E-state index contributed by atoms with van der Waals surface area (Å²) in [5.74, 6) is -0.189. The molecule has 0 aliphatic carbocycles. The molecule has 0 fully saturated rings. The van der Waals surface area contributed by atoms with Gasteiger partial charge in [-0.25, -0.2) is 8.42 Å². The number of benzene rings is 1. The Balaban J connectivity index is 2.54. The van der Waals surface area contributed by atoms with Gasteiger partial charge in [0, 0.05) is 12.3 Å². The fourth-order valence-electron chi connectivity index (χ4n) is 2.00. The highest BCUT2D eigenvalue weighted by atomic mass is 32.2. The number of carboxylic acid groups (broad SMARTS) is 1. The molecule has 110 valence electrons. The summed E-state index contributed by atoms with van der Waals surface area (Å²) in [6, 6.07) is 2.94. The molecule has 1 aromatic carbocycles. The first-order valence-corrected chi connectivity index (χ1v) is 7.86. The SMILES string of the molecule is CC(C)(Cc1cc2c(cc1S(C)(=O)=O)OCO2)C(=O)O. The van der Waals surface area contributed by atoms with Gasteiger partial charge in [0.15, 0.2) is 21.3 Å². The van der Waals surface area contributed by atoms with Gasteiger partial charge in [-0.05, 0) is 31.9 Å². The van der Waals surface area contributed by atoms with Crippen molar-refractivity contribution < 1.29 is 27.8 Å². The van der Waals surface area contributed by atoms with Gasteiger partial charge in [0.1, 0.15) is 0 Å². The summed E-state index contributed by atoms with van der Waals surface area (Å²) in [6.07, 6.45) is 1.17. The lowest BCUT2D eigenvalue weighted by Gasteiger charge is -2.20. The monoisotopic (exact) mass is 300 g/mol. The molecule has 1 aliphatic heterocycles. The van der Waals surface area contributed by atoms with Crippen LogP contribution < -0.4 is 9.47 Å². The summed E-state index contributed by atoms with van der Waals surface area (Å²) in [4.78, 5) is 11.3. The van der Waals surface area contributed by atoms with Crippen molar-refractivity contribution in [2.45, 2.75) is 25.2 Å². The van der Waals surface area contributed by atoms with E-state index in [1.165, 1.54) is 6.07 Å². The summed E-state index contributed by atoms with van der Waals surface area (Å²) in [5.41, 5.74) is -0.656. The average Bonchev–Trinajstić information content (AvgIpc) is 2.72. The molecule has 0 unspecified atom stereocenters. The molecule has 7 heteroatoms. The number of carboxylic acids is 1. The Hall–Kier alpha value is -1.76. The summed E-state index contributed by atoms with van der Waals surface area (Å²) in [5, 5.41) is 9.18. The molecule has 0 aromatic heterocycles. The molecule has 6 nitrogen and oxygen atoms in total. The molecule has 0 radical (unpaired) electrons. The number of fused-ring (bicyclic) bond motifs is 1. The first kappa shape index (κ1) is 14.6. The Morgan fingerprint density at radius 3 is 2.35 bits per heavy atom. The highest BCUT2D eigenvalue weighted by molar-refractivity contribution is 7.90. The van der Waals surface area contributed by atoms with Gasteiger partial charge >= 0.3 is 5.97 Å². The van der Waals surface area contributed by atoms with Gasteiger partial charge in [0.25, 0.3) is 0 Å². The van der Waals surface area contributed by atoms with E-state index < -0.39 is 21.2 Å². The van der Waals surface area contributed by atoms with E-state index in [1.54, 1.807) is 19.9 Å². The summed E-state index contributed by atoms with van der Waals surface area (Å²) in [7, 11) is -3.48. The third kappa shape index (κ3) is 2.72. The standard InChI is InChI=1S/C13H16O6S/c1-13(2,12(14)15)6-8-4-9-10(19-7-18-9)5-11(8)20(3,16)17/h4-5H,6-7H2,1-3H3,(H,14,15). The van der Waals surface area contributed by atoms with Gasteiger partial charge in [0.05, 0.1) is 10.3 Å². The Bertz CT molecular complexity index is 660. The summed E-state index contributed by atoms with van der Waals surface area (Å²) >= 11 is 0. The Morgan fingerprint density at radius 1 is 1.30 bits per heavy atom. The van der Waals surface area contributed by atoms with Crippen molar-refractivity contribution in [3.63, 3.8) is 0 Å². The molecular formula is C13H16O6S. The van der Waals surface area contributed by atoms with Gasteiger partial charge in [-0.15, -0.1) is 0 Å². The average molecular weight is 300 g/mol. The van der Waals surface area contributed by atoms with Gasteiger partial charge in [0.2, 0.25) is 6.79 Å². The van der Waals surface area contributed by atoms with Crippen molar-refractivity contribution in [3.05, 3.63) is 17.7 Å². The zero-order chi connectivity index (χ0) is 15.1. The molecule has 1 aliphatic rings. The van der Waals surface area contributed by atoms with Crippen LogP contribution in [-0.2, 0) is 21.1 Å². The van der Waals surface area contributed by atoms with E-state index in [4.69, 9.17) is 9.47 Å². The third-order valence-corrected chi connectivity index (χ3v) is 4.35. The number of hydrogen-bond acceptors (Lipinski definition) is 5. The molecule has 0 amide bonds. The first-order valence-electron chi connectivity index (χ1n) is 5.97. The summed E-state index contributed by atoms with van der Waals surface area (Å²) < 4.78 is 34.1. The van der Waals surface area contributed by atoms with Crippen molar-refractivity contribution >= 4 is 15.8 Å². The summed E-state index contributed by atoms with van der Waals surface area (Å²) in [6.45, 7) is 3.13. The maximum absolute atomic E-state index is 11.9. The Morgan fingerprint density at radius 2 is 1.85 bits per heavy atom. The largest absolute Gasteiger partial charge is 0.481 e. The molecule has 1 heterocycles. The van der Waals surface area contributed by atoms with Crippen molar-refractivity contribution in [1.82, 2.24) is 0 Å². The second-order valence-corrected chi connectivity index (χ2v) is 7.44. The lowest BCUT2D eigenvalue weighted by molar-refractivity contribution is -0.146. The molecule has 0 bridgehead atoms. The van der Waals surface area contributed by atoms with E-state index in [0.717, 1.165) is 6.26 Å². The van der Waals surface area contributed by atoms with Crippen LogP contribution in [0.5, 0.6) is 11.5 Å². The van der Waals surface area contributed by atoms with Gasteiger partial charge in [-0.1, -0.05) is 0 Å². The van der Waals surface area contributed by atoms with Crippen LogP contribution in [-0.4, -0.2) is 32.5 Å². The van der Waals surface area contributed by atoms with E-state index in [0.29, 0.717) is 17.1 Å². The fraction of sp³-hybridized carbons (Fsp3) is 0.462. The predicted molar refractivity (Wildman–Crippen MR) is 70.8 cm³/mol. The van der Waals surface area contributed by atoms with Crippen molar-refractivity contribution in [3.8, 4) is 11.5 Å². The van der Waals surface area contributed by atoms with Crippen LogP contribution in [0.3, 0.4) is 0 Å². The van der Waals surface area contributed by atoms with Crippen LogP contribution in [0.15, 0.2) is 17.0 Å². The maximum Gasteiger partial charge on any atom is 0.309 e. The third-order valence-electron chi connectivity index (χ3n) is 3.17. The van der Waals surface area contributed by atoms with Crippen molar-refractivity contribution in [2.24, 2.45) is 5.41 Å². The van der Waals surface area contributed by atoms with Gasteiger partial charge < -0.3 is 14.6 Å². The molecule has 0 spiro atoms. The van der Waals surface area contributed by atoms with E-state index in [9.17, 15) is 18.3 Å². The zero-order valence-electron chi connectivity index (χ0n) is 11.5. The minimum Gasteiger partial charge on any atom is -0.481 e. The molecule has 1 aromatic rings. The van der Waals surface area contributed by atoms with E-state index in [2.05, 4.69) is 0 Å². The van der Waals surface area contributed by atoms with Gasteiger partial charge in [-0.3, -0.25) is 4.79 Å². The zero-order valence-corrected chi connectivity index (χ0v) is 12.3. The predicted octanol–water partition coefficient (Wildman–Crippen LogP) is 1.47. The molecule has 0 atom stereocenters. The van der Waals surface area contributed by atoms with Crippen LogP contribution in [0.2, 0.25) is 0 Å². The van der Waals surface area contributed by atoms with Crippen LogP contribution in [0.1, 0.15) is 19.4 Å². The van der Waals surface area contributed by atoms with Gasteiger partial charge in [-0.2, -0.15) is 0 Å². The second kappa shape index (κ2) is 4.66. The molecular weight excluding hydrogens is 284 g/mol. The Kier molecular flexibility index (Phi) is 3.41. The molecule has 2 rings (SSSR count). The molecule has 20 heavy (non-hydrogen) atoms. The maximum atomic E-state index is 11.9. The highest BCUT2D eigenvalue weighted by Gasteiger charge is 2.31. The lowest BCUT2D eigenvalue weighted by atomic mass is 9.86. The number of aliphatic carboxylic acids is 1. The number of ether oxygens (including phenoxy) is 2. The number of sulfone groups is 1. The van der Waals surface area contributed by atoms with Crippen LogP contribution in [0, 0.1) is 5.41 Å². The van der Waals surface area contributed by atoms with E-state index in [-0.39, 0.29) is 18.1 Å². The highest BCUT2D eigenvalue weighted by Crippen LogP contribution is 2.38. The smallest absolute Gasteiger partial charge is 0.309 e. The van der Waals surface area contributed by atoms with Crippen LogP contribution >= 0.6 is 0 Å². The lowest BCUT2D eigenvalue weighted by Crippen LogP contribution is -2.27. The number of rotatable bonds is 4. The first-order chi connectivity index (χ1) is 9.11. The quantitative estimate of drug-likeness (QED) is 0.905. The molecule has 1 N–H and O–H groups in total. The van der Waals surface area contributed by atoms with Crippen molar-refractivity contribution in [2.75, 3.05) is 13.0 Å². The topological polar surface area (TPSA) is 89.9 Å². The minimum absolute atomic E-state index is 0.0321. The number of hydrogen-bond donors (Lipinski definition) is 1. The normalized spacial score (nSPS) is 14.3. The molecule has 0 saturated carbocycles. The van der Waals surface area contributed by atoms with E-state index in [1.807, 2.05) is 0 Å². The fourth-order valence-corrected chi connectivity index (χ4v) is 2.93. The van der Waals surface area contributed by atoms with Crippen molar-refractivity contribution in [1.29, 1.82) is 0 Å². The minimum atomic E-state index is -3.48. The second-order valence-electron chi connectivity index (χ2n) is 5.45.